The number of aromatic nitrogens is 3. The molecule has 0 radical (unpaired) electrons. The second-order valence-electron chi connectivity index (χ2n) is 7.96. The molecule has 4 heterocycles. The average molecular weight is 391 g/mol. The van der Waals surface area contributed by atoms with Crippen LogP contribution in [0.15, 0.2) is 36.5 Å². The van der Waals surface area contributed by atoms with Gasteiger partial charge in [0.05, 0.1) is 18.3 Å². The van der Waals surface area contributed by atoms with Crippen molar-refractivity contribution in [3.8, 4) is 17.0 Å². The van der Waals surface area contributed by atoms with E-state index in [0.717, 1.165) is 60.4 Å². The summed E-state index contributed by atoms with van der Waals surface area (Å²) >= 11 is 0. The largest absolute Gasteiger partial charge is 0.497 e. The fourth-order valence-electron chi connectivity index (χ4n) is 4.70. The molecule has 0 bridgehead atoms. The summed E-state index contributed by atoms with van der Waals surface area (Å²) in [5.41, 5.74) is 4.13. The van der Waals surface area contributed by atoms with E-state index in [0.29, 0.717) is 6.54 Å². The predicted molar refractivity (Wildman–Crippen MR) is 111 cm³/mol. The number of hydrogen-bond donors (Lipinski definition) is 1. The lowest BCUT2D eigenvalue weighted by atomic mass is 9.82. The molecule has 7 nitrogen and oxygen atoms in total. The molecule has 2 aliphatic heterocycles. The van der Waals surface area contributed by atoms with E-state index in [1.807, 2.05) is 36.2 Å². The number of likely N-dealkylation sites (tertiary alicyclic amines) is 1. The predicted octanol–water partition coefficient (Wildman–Crippen LogP) is 3.18. The van der Waals surface area contributed by atoms with Gasteiger partial charge in [-0.25, -0.2) is 4.79 Å². The van der Waals surface area contributed by atoms with E-state index in [-0.39, 0.29) is 11.4 Å². The molecule has 0 saturated carbocycles. The van der Waals surface area contributed by atoms with Crippen molar-refractivity contribution in [3.63, 3.8) is 0 Å². The highest BCUT2D eigenvalue weighted by molar-refractivity contribution is 5.84. The van der Waals surface area contributed by atoms with Gasteiger partial charge in [0.1, 0.15) is 5.75 Å². The molecule has 29 heavy (non-hydrogen) atoms. The number of nitrogens with one attached hydrogen (secondary N) is 1. The molecule has 1 fully saturated rings. The number of ether oxygens (including phenoxy) is 1. The first-order chi connectivity index (χ1) is 14.1. The maximum Gasteiger partial charge on any atom is 0.317 e. The summed E-state index contributed by atoms with van der Waals surface area (Å²) in [7, 11) is 1.67. The van der Waals surface area contributed by atoms with Crippen molar-refractivity contribution < 1.29 is 9.53 Å². The number of urea groups is 1. The van der Waals surface area contributed by atoms with Crippen molar-refractivity contribution in [1.82, 2.24) is 25.0 Å². The summed E-state index contributed by atoms with van der Waals surface area (Å²) in [6, 6.07) is 10.2. The van der Waals surface area contributed by atoms with Gasteiger partial charge < -0.3 is 15.0 Å². The molecular weight excluding hydrogens is 366 g/mol. The Morgan fingerprint density at radius 2 is 2.10 bits per heavy atom. The molecule has 3 aromatic rings. The topological polar surface area (TPSA) is 72.3 Å². The molecule has 7 heteroatoms. The highest BCUT2D eigenvalue weighted by atomic mass is 16.5. The van der Waals surface area contributed by atoms with Crippen LogP contribution in [-0.2, 0) is 12.0 Å². The van der Waals surface area contributed by atoms with Gasteiger partial charge >= 0.3 is 6.03 Å². The van der Waals surface area contributed by atoms with E-state index in [2.05, 4.69) is 27.1 Å². The van der Waals surface area contributed by atoms with Gasteiger partial charge in [-0.2, -0.15) is 5.10 Å². The van der Waals surface area contributed by atoms with Crippen molar-refractivity contribution in [2.75, 3.05) is 26.7 Å². The summed E-state index contributed by atoms with van der Waals surface area (Å²) < 4.78 is 7.46. The zero-order valence-electron chi connectivity index (χ0n) is 16.8. The van der Waals surface area contributed by atoms with Gasteiger partial charge in [-0.05, 0) is 50.1 Å². The van der Waals surface area contributed by atoms with Crippen molar-refractivity contribution in [1.29, 1.82) is 0 Å². The lowest BCUT2D eigenvalue weighted by molar-refractivity contribution is 0.206. The van der Waals surface area contributed by atoms with Crippen LogP contribution in [0.3, 0.4) is 0 Å². The maximum atomic E-state index is 12.3. The quantitative estimate of drug-likeness (QED) is 0.744. The molecular formula is C22H25N5O2. The maximum absolute atomic E-state index is 12.3. The highest BCUT2D eigenvalue weighted by Crippen LogP contribution is 2.43. The summed E-state index contributed by atoms with van der Waals surface area (Å²) in [5.74, 6) is 0.819. The number of rotatable bonds is 3. The summed E-state index contributed by atoms with van der Waals surface area (Å²) in [4.78, 5) is 18.8. The van der Waals surface area contributed by atoms with Crippen LogP contribution in [0, 0.1) is 0 Å². The Labute approximate surface area is 169 Å². The first-order valence-corrected chi connectivity index (χ1v) is 10.2. The Morgan fingerprint density at radius 1 is 1.24 bits per heavy atom. The number of benzene rings is 1. The average Bonchev–Trinajstić information content (AvgIpc) is 3.44. The number of nitrogens with zero attached hydrogens (tertiary/aromatic N) is 4. The second kappa shape index (κ2) is 6.76. The van der Waals surface area contributed by atoms with E-state index < -0.39 is 0 Å². The van der Waals surface area contributed by atoms with E-state index in [9.17, 15) is 4.79 Å². The molecule has 2 aromatic heterocycles. The number of carbonyl (C=O) groups excluding carboxylic acids is 1. The monoisotopic (exact) mass is 391 g/mol. The first kappa shape index (κ1) is 18.0. The SMILES string of the molecule is CCNC(=O)N1CCC2(CCn3nc(-c4cnc5ccc(OC)cc5c4)cc32)C1. The Kier molecular flexibility index (Phi) is 4.19. The molecule has 1 unspecified atom stereocenters. The van der Waals surface area contributed by atoms with E-state index in [1.54, 1.807) is 7.11 Å². The third-order valence-corrected chi connectivity index (χ3v) is 6.28. The van der Waals surface area contributed by atoms with Crippen LogP contribution in [0.1, 0.15) is 25.5 Å². The van der Waals surface area contributed by atoms with E-state index >= 15 is 0 Å². The van der Waals surface area contributed by atoms with Crippen LogP contribution < -0.4 is 10.1 Å². The summed E-state index contributed by atoms with van der Waals surface area (Å²) in [6.07, 6.45) is 3.91. The lowest BCUT2D eigenvalue weighted by Crippen LogP contribution is -2.40. The summed E-state index contributed by atoms with van der Waals surface area (Å²) in [6.45, 7) is 5.06. The number of carbonyl (C=O) groups is 1. The first-order valence-electron chi connectivity index (χ1n) is 10.2. The van der Waals surface area contributed by atoms with Crippen LogP contribution in [0.4, 0.5) is 4.79 Å². The van der Waals surface area contributed by atoms with Gasteiger partial charge in [0.15, 0.2) is 0 Å². The van der Waals surface area contributed by atoms with Gasteiger partial charge in [-0.1, -0.05) is 0 Å². The van der Waals surface area contributed by atoms with Gasteiger partial charge in [0.2, 0.25) is 0 Å². The van der Waals surface area contributed by atoms with E-state index in [4.69, 9.17) is 9.84 Å². The highest BCUT2D eigenvalue weighted by Gasteiger charge is 2.46. The van der Waals surface area contributed by atoms with Crippen molar-refractivity contribution in [3.05, 3.63) is 42.2 Å². The minimum atomic E-state index is 0.0177. The Bertz CT molecular complexity index is 1090. The van der Waals surface area contributed by atoms with Crippen molar-refractivity contribution in [2.45, 2.75) is 31.7 Å². The lowest BCUT2D eigenvalue weighted by Gasteiger charge is -2.23. The van der Waals surface area contributed by atoms with Crippen molar-refractivity contribution >= 4 is 16.9 Å². The molecule has 1 spiro atoms. The molecule has 0 aliphatic carbocycles. The Balaban J connectivity index is 1.46. The van der Waals surface area contributed by atoms with Crippen LogP contribution in [0.25, 0.3) is 22.2 Å². The number of amides is 2. The number of hydrogen-bond acceptors (Lipinski definition) is 4. The smallest absolute Gasteiger partial charge is 0.317 e. The fourth-order valence-corrected chi connectivity index (χ4v) is 4.70. The molecule has 2 amide bonds. The molecule has 1 saturated heterocycles. The number of fused-ring (bicyclic) bond motifs is 3. The van der Waals surface area contributed by atoms with E-state index in [1.165, 1.54) is 5.69 Å². The second-order valence-corrected chi connectivity index (χ2v) is 7.96. The van der Waals surface area contributed by atoms with Gasteiger partial charge in [0.25, 0.3) is 0 Å². The van der Waals surface area contributed by atoms with Crippen LogP contribution in [-0.4, -0.2) is 52.4 Å². The molecule has 1 N–H and O–H groups in total. The zero-order valence-corrected chi connectivity index (χ0v) is 16.8. The third-order valence-electron chi connectivity index (χ3n) is 6.28. The van der Waals surface area contributed by atoms with Crippen LogP contribution in [0.2, 0.25) is 0 Å². The number of methoxy groups -OCH3 is 1. The number of aryl methyl sites for hydroxylation is 1. The third kappa shape index (κ3) is 2.92. The van der Waals surface area contributed by atoms with Crippen LogP contribution in [0.5, 0.6) is 5.75 Å². The Morgan fingerprint density at radius 3 is 2.93 bits per heavy atom. The molecule has 150 valence electrons. The normalized spacial score (nSPS) is 20.4. The zero-order chi connectivity index (χ0) is 20.0. The number of pyridine rings is 1. The molecule has 5 rings (SSSR count). The minimum Gasteiger partial charge on any atom is -0.497 e. The molecule has 1 aromatic carbocycles. The fraction of sp³-hybridized carbons (Fsp3) is 0.409. The van der Waals surface area contributed by atoms with Crippen molar-refractivity contribution in [2.24, 2.45) is 0 Å². The van der Waals surface area contributed by atoms with Gasteiger partial charge in [-0.3, -0.25) is 9.67 Å². The molecule has 1 atom stereocenters. The van der Waals surface area contributed by atoms with Gasteiger partial charge in [0, 0.05) is 54.4 Å². The van der Waals surface area contributed by atoms with Gasteiger partial charge in [-0.15, -0.1) is 0 Å². The Hall–Kier alpha value is -3.09. The summed E-state index contributed by atoms with van der Waals surface area (Å²) in [5, 5.41) is 8.82. The van der Waals surface area contributed by atoms with Crippen LogP contribution >= 0.6 is 0 Å². The molecule has 2 aliphatic rings. The minimum absolute atomic E-state index is 0.0177. The standard InChI is InChI=1S/C22H25N5O2/c1-3-23-21(28)26-8-6-22(14-26)7-9-27-20(22)12-19(25-27)16-10-15-11-17(29-2)4-5-18(15)24-13-16/h4-5,10-13H,3,6-9,14H2,1-2H3,(H,23,28).